The summed E-state index contributed by atoms with van der Waals surface area (Å²) in [5.41, 5.74) is 0. The second kappa shape index (κ2) is 6.37. The van der Waals surface area contributed by atoms with E-state index in [0.29, 0.717) is 6.04 Å². The normalized spacial score (nSPS) is 35.4. The minimum Gasteiger partial charge on any atom is -0.379 e. The van der Waals surface area contributed by atoms with Gasteiger partial charge in [0.25, 0.3) is 0 Å². The molecule has 1 aliphatic heterocycles. The third kappa shape index (κ3) is 3.20. The number of rotatable bonds is 3. The number of hydrogen-bond donors (Lipinski definition) is 0. The van der Waals surface area contributed by atoms with Crippen molar-refractivity contribution >= 4 is 0 Å². The van der Waals surface area contributed by atoms with Crippen LogP contribution in [0.5, 0.6) is 0 Å². The highest BCUT2D eigenvalue weighted by molar-refractivity contribution is 4.98. The van der Waals surface area contributed by atoms with Gasteiger partial charge in [-0.2, -0.15) is 5.26 Å². The summed E-state index contributed by atoms with van der Waals surface area (Å²) < 4.78 is 5.41. The van der Waals surface area contributed by atoms with Crippen LogP contribution < -0.4 is 0 Å². The summed E-state index contributed by atoms with van der Waals surface area (Å²) in [7, 11) is 0. The SMILES string of the molecule is CCCC1CCC(C#N)C(N2CCOCC2)C1. The molecule has 2 aliphatic rings. The van der Waals surface area contributed by atoms with E-state index in [0.717, 1.165) is 38.6 Å². The van der Waals surface area contributed by atoms with E-state index in [1.54, 1.807) is 0 Å². The van der Waals surface area contributed by atoms with Crippen LogP contribution in [0.25, 0.3) is 0 Å². The van der Waals surface area contributed by atoms with Crippen molar-refractivity contribution in [2.75, 3.05) is 26.3 Å². The molecule has 96 valence electrons. The molecule has 1 aliphatic carbocycles. The molecular weight excluding hydrogens is 212 g/mol. The van der Waals surface area contributed by atoms with Crippen LogP contribution in [0.2, 0.25) is 0 Å². The smallest absolute Gasteiger partial charge is 0.0672 e. The Morgan fingerprint density at radius 3 is 2.71 bits per heavy atom. The predicted molar refractivity (Wildman–Crippen MR) is 67.5 cm³/mol. The van der Waals surface area contributed by atoms with Gasteiger partial charge in [-0.15, -0.1) is 0 Å². The highest BCUT2D eigenvalue weighted by Crippen LogP contribution is 2.34. The molecule has 0 spiro atoms. The average molecular weight is 236 g/mol. The first-order valence-corrected chi connectivity index (χ1v) is 7.06. The van der Waals surface area contributed by atoms with Gasteiger partial charge in [-0.25, -0.2) is 0 Å². The maximum absolute atomic E-state index is 9.30. The van der Waals surface area contributed by atoms with Gasteiger partial charge in [-0.1, -0.05) is 19.8 Å². The molecule has 0 aromatic rings. The Morgan fingerprint density at radius 2 is 2.06 bits per heavy atom. The van der Waals surface area contributed by atoms with Crippen LogP contribution in [0.4, 0.5) is 0 Å². The summed E-state index contributed by atoms with van der Waals surface area (Å²) in [6, 6.07) is 3.03. The minimum absolute atomic E-state index is 0.251. The molecule has 0 N–H and O–H groups in total. The molecule has 2 rings (SSSR count). The third-order valence-corrected chi connectivity index (χ3v) is 4.30. The van der Waals surface area contributed by atoms with Gasteiger partial charge in [0.05, 0.1) is 25.2 Å². The van der Waals surface area contributed by atoms with Crippen LogP contribution in [0.3, 0.4) is 0 Å². The quantitative estimate of drug-likeness (QED) is 0.755. The summed E-state index contributed by atoms with van der Waals surface area (Å²) in [5.74, 6) is 1.10. The Hall–Kier alpha value is -0.590. The molecule has 0 aromatic carbocycles. The molecule has 3 atom stereocenters. The van der Waals surface area contributed by atoms with E-state index >= 15 is 0 Å². The molecule has 17 heavy (non-hydrogen) atoms. The Bertz CT molecular complexity index is 268. The maximum Gasteiger partial charge on any atom is 0.0672 e. The first kappa shape index (κ1) is 12.9. The first-order chi connectivity index (χ1) is 8.35. The van der Waals surface area contributed by atoms with Crippen LogP contribution in [0.15, 0.2) is 0 Å². The van der Waals surface area contributed by atoms with Crippen LogP contribution in [-0.4, -0.2) is 37.2 Å². The molecule has 2 fully saturated rings. The monoisotopic (exact) mass is 236 g/mol. The summed E-state index contributed by atoms with van der Waals surface area (Å²) in [5, 5.41) is 9.30. The van der Waals surface area contributed by atoms with E-state index in [2.05, 4.69) is 17.9 Å². The van der Waals surface area contributed by atoms with Crippen molar-refractivity contribution in [1.82, 2.24) is 4.90 Å². The van der Waals surface area contributed by atoms with Crippen molar-refractivity contribution in [1.29, 1.82) is 5.26 Å². The van der Waals surface area contributed by atoms with Crippen molar-refractivity contribution in [3.63, 3.8) is 0 Å². The molecule has 1 saturated carbocycles. The summed E-state index contributed by atoms with van der Waals surface area (Å²) in [4.78, 5) is 2.50. The van der Waals surface area contributed by atoms with E-state index in [-0.39, 0.29) is 5.92 Å². The zero-order chi connectivity index (χ0) is 12.1. The zero-order valence-corrected chi connectivity index (χ0v) is 10.9. The molecule has 0 radical (unpaired) electrons. The largest absolute Gasteiger partial charge is 0.379 e. The Labute approximate surface area is 105 Å². The molecule has 3 heteroatoms. The Morgan fingerprint density at radius 1 is 1.29 bits per heavy atom. The van der Waals surface area contributed by atoms with Gasteiger partial charge in [0, 0.05) is 19.1 Å². The molecule has 3 unspecified atom stereocenters. The number of morpholine rings is 1. The topological polar surface area (TPSA) is 36.3 Å². The van der Waals surface area contributed by atoms with Crippen LogP contribution in [-0.2, 0) is 4.74 Å². The van der Waals surface area contributed by atoms with Gasteiger partial charge in [0.2, 0.25) is 0 Å². The molecule has 0 bridgehead atoms. The molecule has 0 amide bonds. The second-order valence-corrected chi connectivity index (χ2v) is 5.42. The van der Waals surface area contributed by atoms with Crippen LogP contribution >= 0.6 is 0 Å². The van der Waals surface area contributed by atoms with Gasteiger partial charge in [-0.3, -0.25) is 4.90 Å². The van der Waals surface area contributed by atoms with Gasteiger partial charge in [0.15, 0.2) is 0 Å². The molecule has 3 nitrogen and oxygen atoms in total. The highest BCUT2D eigenvalue weighted by Gasteiger charge is 2.34. The lowest BCUT2D eigenvalue weighted by atomic mass is 9.76. The van der Waals surface area contributed by atoms with E-state index in [4.69, 9.17) is 4.74 Å². The summed E-state index contributed by atoms with van der Waals surface area (Å²) in [6.07, 6.45) is 6.19. The lowest BCUT2D eigenvalue weighted by Crippen LogP contribution is -2.49. The summed E-state index contributed by atoms with van der Waals surface area (Å²) >= 11 is 0. The number of nitriles is 1. The fraction of sp³-hybridized carbons (Fsp3) is 0.929. The van der Waals surface area contributed by atoms with Crippen molar-refractivity contribution in [2.24, 2.45) is 11.8 Å². The van der Waals surface area contributed by atoms with Gasteiger partial charge in [0.1, 0.15) is 0 Å². The van der Waals surface area contributed by atoms with Gasteiger partial charge in [-0.05, 0) is 25.2 Å². The van der Waals surface area contributed by atoms with E-state index in [1.807, 2.05) is 0 Å². The lowest BCUT2D eigenvalue weighted by molar-refractivity contribution is -0.00737. The van der Waals surface area contributed by atoms with Crippen molar-refractivity contribution in [2.45, 2.75) is 45.1 Å². The van der Waals surface area contributed by atoms with E-state index in [9.17, 15) is 5.26 Å². The molecule has 0 aromatic heterocycles. The highest BCUT2D eigenvalue weighted by atomic mass is 16.5. The maximum atomic E-state index is 9.30. The Kier molecular flexibility index (Phi) is 4.82. The average Bonchev–Trinajstić information content (AvgIpc) is 2.40. The first-order valence-electron chi connectivity index (χ1n) is 7.06. The van der Waals surface area contributed by atoms with Gasteiger partial charge < -0.3 is 4.74 Å². The van der Waals surface area contributed by atoms with E-state index in [1.165, 1.54) is 25.7 Å². The Balaban J connectivity index is 1.96. The van der Waals surface area contributed by atoms with Crippen molar-refractivity contribution in [3.05, 3.63) is 0 Å². The lowest BCUT2D eigenvalue weighted by Gasteiger charge is -2.41. The molecule has 1 heterocycles. The second-order valence-electron chi connectivity index (χ2n) is 5.42. The minimum atomic E-state index is 0.251. The zero-order valence-electron chi connectivity index (χ0n) is 10.9. The molecular formula is C14H24N2O. The number of hydrogen-bond acceptors (Lipinski definition) is 3. The predicted octanol–water partition coefficient (Wildman–Crippen LogP) is 2.43. The van der Waals surface area contributed by atoms with Gasteiger partial charge >= 0.3 is 0 Å². The number of ether oxygens (including phenoxy) is 1. The fourth-order valence-electron chi connectivity index (χ4n) is 3.36. The third-order valence-electron chi connectivity index (χ3n) is 4.30. The van der Waals surface area contributed by atoms with Crippen molar-refractivity contribution in [3.8, 4) is 6.07 Å². The van der Waals surface area contributed by atoms with Crippen molar-refractivity contribution < 1.29 is 4.74 Å². The van der Waals surface area contributed by atoms with Crippen LogP contribution in [0, 0.1) is 23.2 Å². The number of nitrogens with zero attached hydrogens (tertiary/aromatic N) is 2. The fourth-order valence-corrected chi connectivity index (χ4v) is 3.36. The van der Waals surface area contributed by atoms with Crippen LogP contribution in [0.1, 0.15) is 39.0 Å². The standard InChI is InChI=1S/C14H24N2O/c1-2-3-12-4-5-13(11-15)14(10-12)16-6-8-17-9-7-16/h12-14H,2-10H2,1H3. The summed E-state index contributed by atoms with van der Waals surface area (Å²) in [6.45, 7) is 5.98. The van der Waals surface area contributed by atoms with E-state index < -0.39 is 0 Å². The molecule has 1 saturated heterocycles.